The van der Waals surface area contributed by atoms with Crippen LogP contribution in [0.25, 0.3) is 11.3 Å². The molecule has 0 atom stereocenters. The molecule has 5 heteroatoms. The molecule has 0 aliphatic heterocycles. The molecule has 0 aliphatic carbocycles. The fourth-order valence-corrected chi connectivity index (χ4v) is 1.36. The van der Waals surface area contributed by atoms with Crippen molar-refractivity contribution in [1.29, 1.82) is 0 Å². The van der Waals surface area contributed by atoms with E-state index in [4.69, 9.17) is 4.74 Å². The maximum absolute atomic E-state index is 11.1. The Morgan fingerprint density at radius 1 is 1.19 bits per heavy atom. The Hall–Kier alpha value is -2.30. The topological polar surface area (TPSA) is 75.0 Å². The molecule has 5 nitrogen and oxygen atoms in total. The van der Waals surface area contributed by atoms with Crippen LogP contribution in [0.15, 0.2) is 40.1 Å². The summed E-state index contributed by atoms with van der Waals surface area (Å²) in [6.45, 7) is 0. The van der Waals surface area contributed by atoms with Gasteiger partial charge in [0, 0.05) is 11.8 Å². The van der Waals surface area contributed by atoms with Gasteiger partial charge in [0.1, 0.15) is 5.75 Å². The normalized spacial score (nSPS) is 10.1. The minimum Gasteiger partial charge on any atom is -0.497 e. The molecular weight excluding hydrogens is 208 g/mol. The van der Waals surface area contributed by atoms with Crippen LogP contribution < -0.4 is 15.9 Å². The predicted octanol–water partition coefficient (Wildman–Crippen LogP) is 0.739. The number of H-pyrrole nitrogens is 2. The second kappa shape index (κ2) is 4.06. The molecule has 2 aromatic rings. The van der Waals surface area contributed by atoms with Gasteiger partial charge in [-0.05, 0) is 12.1 Å². The summed E-state index contributed by atoms with van der Waals surface area (Å²) in [5.41, 5.74) is -0.0110. The third kappa shape index (κ3) is 1.88. The Morgan fingerprint density at radius 2 is 2.00 bits per heavy atom. The van der Waals surface area contributed by atoms with Crippen molar-refractivity contribution in [3.05, 3.63) is 51.2 Å². The fourth-order valence-electron chi connectivity index (χ4n) is 1.36. The van der Waals surface area contributed by atoms with Crippen LogP contribution >= 0.6 is 0 Å². The van der Waals surface area contributed by atoms with Gasteiger partial charge in [-0.3, -0.25) is 9.59 Å². The number of methoxy groups -OCH3 is 1. The summed E-state index contributed by atoms with van der Waals surface area (Å²) in [5.74, 6) is 0.685. The smallest absolute Gasteiger partial charge is 0.314 e. The van der Waals surface area contributed by atoms with Crippen molar-refractivity contribution < 1.29 is 4.74 Å². The van der Waals surface area contributed by atoms with E-state index in [0.29, 0.717) is 11.4 Å². The van der Waals surface area contributed by atoms with Gasteiger partial charge in [-0.1, -0.05) is 12.1 Å². The van der Waals surface area contributed by atoms with Crippen LogP contribution in [-0.4, -0.2) is 17.1 Å². The fraction of sp³-hybridized carbons (Fsp3) is 0.0909. The van der Waals surface area contributed by atoms with E-state index in [1.165, 1.54) is 6.20 Å². The zero-order valence-corrected chi connectivity index (χ0v) is 8.61. The molecular formula is C11H10N2O3. The summed E-state index contributed by atoms with van der Waals surface area (Å²) in [5, 5.41) is 0. The summed E-state index contributed by atoms with van der Waals surface area (Å²) in [4.78, 5) is 26.9. The van der Waals surface area contributed by atoms with Gasteiger partial charge in [0.2, 0.25) is 0 Å². The van der Waals surface area contributed by atoms with Gasteiger partial charge in [0.15, 0.2) is 0 Å². The summed E-state index contributed by atoms with van der Waals surface area (Å²) in [7, 11) is 1.56. The minimum absolute atomic E-state index is 0.545. The largest absolute Gasteiger partial charge is 0.497 e. The van der Waals surface area contributed by atoms with E-state index < -0.39 is 11.1 Å². The van der Waals surface area contributed by atoms with Crippen LogP contribution in [0.3, 0.4) is 0 Å². The monoisotopic (exact) mass is 218 g/mol. The lowest BCUT2D eigenvalue weighted by molar-refractivity contribution is 0.415. The zero-order chi connectivity index (χ0) is 11.5. The standard InChI is InChI=1S/C11H10N2O3/c1-16-8-4-2-3-7(5-8)9-6-12-10(14)11(15)13-9/h2-6H,1H3,(H,12,14)(H,13,15). The van der Waals surface area contributed by atoms with Crippen LogP contribution in [-0.2, 0) is 0 Å². The number of nitrogens with one attached hydrogen (secondary N) is 2. The molecule has 0 saturated heterocycles. The molecule has 2 rings (SSSR count). The number of hydrogen-bond donors (Lipinski definition) is 2. The molecule has 0 fully saturated rings. The highest BCUT2D eigenvalue weighted by Gasteiger charge is 2.01. The predicted molar refractivity (Wildman–Crippen MR) is 59.7 cm³/mol. The number of ether oxygens (including phenoxy) is 1. The van der Waals surface area contributed by atoms with Crippen LogP contribution in [0.4, 0.5) is 0 Å². The molecule has 0 unspecified atom stereocenters. The van der Waals surface area contributed by atoms with E-state index in [1.807, 2.05) is 6.07 Å². The Morgan fingerprint density at radius 3 is 2.69 bits per heavy atom. The molecule has 0 saturated carbocycles. The van der Waals surface area contributed by atoms with Gasteiger partial charge in [0.25, 0.3) is 0 Å². The van der Waals surface area contributed by atoms with Gasteiger partial charge < -0.3 is 14.7 Å². The number of hydrogen-bond acceptors (Lipinski definition) is 3. The third-order valence-electron chi connectivity index (χ3n) is 2.18. The molecule has 1 heterocycles. The van der Waals surface area contributed by atoms with Gasteiger partial charge in [-0.25, -0.2) is 0 Å². The average Bonchev–Trinajstić information content (AvgIpc) is 2.33. The lowest BCUT2D eigenvalue weighted by Crippen LogP contribution is -2.28. The van der Waals surface area contributed by atoms with Crippen molar-refractivity contribution in [1.82, 2.24) is 9.97 Å². The minimum atomic E-state index is -0.666. The van der Waals surface area contributed by atoms with Crippen molar-refractivity contribution >= 4 is 0 Å². The maximum atomic E-state index is 11.1. The molecule has 0 aliphatic rings. The lowest BCUT2D eigenvalue weighted by Gasteiger charge is -2.03. The second-order valence-electron chi connectivity index (χ2n) is 3.22. The van der Waals surface area contributed by atoms with Crippen LogP contribution in [0.1, 0.15) is 0 Å². The lowest BCUT2D eigenvalue weighted by atomic mass is 10.1. The molecule has 1 aromatic heterocycles. The van der Waals surface area contributed by atoms with Gasteiger partial charge >= 0.3 is 11.1 Å². The van der Waals surface area contributed by atoms with Crippen molar-refractivity contribution in [2.45, 2.75) is 0 Å². The maximum Gasteiger partial charge on any atom is 0.314 e. The Balaban J connectivity index is 2.54. The first kappa shape index (κ1) is 10.2. The van der Waals surface area contributed by atoms with E-state index in [-0.39, 0.29) is 0 Å². The number of rotatable bonds is 2. The molecule has 82 valence electrons. The first-order valence-electron chi connectivity index (χ1n) is 4.67. The van der Waals surface area contributed by atoms with Crippen molar-refractivity contribution in [3.8, 4) is 17.0 Å². The Kier molecular flexibility index (Phi) is 2.59. The highest BCUT2D eigenvalue weighted by atomic mass is 16.5. The van der Waals surface area contributed by atoms with Gasteiger partial charge in [0.05, 0.1) is 12.8 Å². The van der Waals surface area contributed by atoms with Gasteiger partial charge in [-0.15, -0.1) is 0 Å². The van der Waals surface area contributed by atoms with Crippen LogP contribution in [0.2, 0.25) is 0 Å². The summed E-state index contributed by atoms with van der Waals surface area (Å²) in [6, 6.07) is 7.18. The highest BCUT2D eigenvalue weighted by Crippen LogP contribution is 2.20. The molecule has 1 aromatic carbocycles. The summed E-state index contributed by atoms with van der Waals surface area (Å²) in [6.07, 6.45) is 1.46. The van der Waals surface area contributed by atoms with E-state index >= 15 is 0 Å². The van der Waals surface area contributed by atoms with Crippen LogP contribution in [0, 0.1) is 0 Å². The highest BCUT2D eigenvalue weighted by molar-refractivity contribution is 5.59. The molecule has 2 N–H and O–H groups in total. The molecule has 0 spiro atoms. The van der Waals surface area contributed by atoms with Crippen molar-refractivity contribution in [3.63, 3.8) is 0 Å². The summed E-state index contributed by atoms with van der Waals surface area (Å²) >= 11 is 0. The van der Waals surface area contributed by atoms with Gasteiger partial charge in [-0.2, -0.15) is 0 Å². The SMILES string of the molecule is COc1cccc(-c2c[nH]c(=O)c(=O)[nH]2)c1. The first-order valence-corrected chi connectivity index (χ1v) is 4.67. The summed E-state index contributed by atoms with van der Waals surface area (Å²) < 4.78 is 5.07. The number of benzene rings is 1. The first-order chi connectivity index (χ1) is 7.70. The number of aromatic nitrogens is 2. The van der Waals surface area contributed by atoms with E-state index in [1.54, 1.807) is 25.3 Å². The second-order valence-corrected chi connectivity index (χ2v) is 3.22. The average molecular weight is 218 g/mol. The Labute approximate surface area is 90.7 Å². The molecule has 16 heavy (non-hydrogen) atoms. The molecule has 0 amide bonds. The molecule has 0 bridgehead atoms. The third-order valence-corrected chi connectivity index (χ3v) is 2.18. The quantitative estimate of drug-likeness (QED) is 0.730. The van der Waals surface area contributed by atoms with Crippen LogP contribution in [0.5, 0.6) is 5.75 Å². The van der Waals surface area contributed by atoms with E-state index in [0.717, 1.165) is 5.56 Å². The van der Waals surface area contributed by atoms with E-state index in [2.05, 4.69) is 9.97 Å². The van der Waals surface area contributed by atoms with Crippen molar-refractivity contribution in [2.75, 3.05) is 7.11 Å². The number of aromatic amines is 2. The van der Waals surface area contributed by atoms with E-state index in [9.17, 15) is 9.59 Å². The Bertz CT molecular complexity index is 613. The molecule has 0 radical (unpaired) electrons. The zero-order valence-electron chi connectivity index (χ0n) is 8.61. The van der Waals surface area contributed by atoms with Crippen molar-refractivity contribution in [2.24, 2.45) is 0 Å².